The summed E-state index contributed by atoms with van der Waals surface area (Å²) < 4.78 is 0. The number of carbonyl (C=O) groups excluding carboxylic acids is 1. The number of amides is 1. The van der Waals surface area contributed by atoms with Crippen molar-refractivity contribution in [1.29, 1.82) is 0 Å². The third-order valence-electron chi connectivity index (χ3n) is 8.40. The molecule has 0 radical (unpaired) electrons. The molecule has 0 unspecified atom stereocenters. The van der Waals surface area contributed by atoms with Crippen LogP contribution in [0.2, 0.25) is 0 Å². The fourth-order valence-corrected chi connectivity index (χ4v) is 5.93. The fourth-order valence-electron chi connectivity index (χ4n) is 5.93. The zero-order chi connectivity index (χ0) is 32.8. The normalized spacial score (nSPS) is 19.1. The second kappa shape index (κ2) is 18.7. The van der Waals surface area contributed by atoms with Crippen LogP contribution in [0.5, 0.6) is 0 Å². The van der Waals surface area contributed by atoms with Gasteiger partial charge in [-0.1, -0.05) is 25.1 Å². The smallest absolute Gasteiger partial charge is 0.317 e. The summed E-state index contributed by atoms with van der Waals surface area (Å²) in [6.45, 7) is 9.20. The number of rotatable bonds is 13. The number of carboxylic acid groups (broad SMARTS) is 3. The van der Waals surface area contributed by atoms with Crippen LogP contribution in [0, 0.1) is 0 Å². The molecule has 2 aliphatic heterocycles. The summed E-state index contributed by atoms with van der Waals surface area (Å²) in [5.41, 5.74) is 3.87. The van der Waals surface area contributed by atoms with E-state index in [2.05, 4.69) is 35.3 Å². The minimum absolute atomic E-state index is 0.00762. The molecule has 4 N–H and O–H groups in total. The number of hydrogen-bond donors (Lipinski definition) is 4. The van der Waals surface area contributed by atoms with Crippen LogP contribution in [-0.4, -0.2) is 180 Å². The largest absolute Gasteiger partial charge is 0.480 e. The van der Waals surface area contributed by atoms with E-state index in [-0.39, 0.29) is 32.1 Å². The molecule has 2 heterocycles. The van der Waals surface area contributed by atoms with Gasteiger partial charge in [-0.3, -0.25) is 43.7 Å². The van der Waals surface area contributed by atoms with E-state index in [9.17, 15) is 34.5 Å². The summed E-state index contributed by atoms with van der Waals surface area (Å²) in [5, 5.41) is 31.5. The van der Waals surface area contributed by atoms with Crippen molar-refractivity contribution in [3.63, 3.8) is 0 Å². The molecule has 0 saturated carbocycles. The molecule has 0 atom stereocenters. The zero-order valence-corrected chi connectivity index (χ0v) is 26.8. The second-order valence-corrected chi connectivity index (χ2v) is 12.0. The van der Waals surface area contributed by atoms with E-state index in [1.165, 1.54) is 16.7 Å². The predicted molar refractivity (Wildman–Crippen MR) is 169 cm³/mol. The summed E-state index contributed by atoms with van der Waals surface area (Å²) in [6, 6.07) is 6.75. The number of aliphatic carboxylic acids is 3. The van der Waals surface area contributed by atoms with Crippen molar-refractivity contribution in [2.24, 2.45) is 0 Å². The molecule has 14 heteroatoms. The molecule has 45 heavy (non-hydrogen) atoms. The van der Waals surface area contributed by atoms with Gasteiger partial charge in [-0.2, -0.15) is 0 Å². The van der Waals surface area contributed by atoms with Crippen molar-refractivity contribution in [3.8, 4) is 0 Å². The van der Waals surface area contributed by atoms with Crippen molar-refractivity contribution in [2.45, 2.75) is 26.4 Å². The first-order chi connectivity index (χ1) is 21.5. The monoisotopic (exact) mass is 633 g/mol. The van der Waals surface area contributed by atoms with Gasteiger partial charge in [-0.25, -0.2) is 0 Å². The number of hydrogen-bond acceptors (Lipinski definition) is 10. The van der Waals surface area contributed by atoms with Gasteiger partial charge >= 0.3 is 17.9 Å². The standard InChI is InChI=1S/C31H51N7O7/c1-3-25-16-26(19-32-2)18-27(17-25)20-33-12-14-38(15-13-33)28(39)21-34-4-6-35(22-29(40)41)8-10-37(24-31(44)45)11-9-36(7-5-34)23-30(42)43/h16-18,32H,3-15,19-24H2,1-2H3,(H,40,41)(H,42,43)(H,44,45). The Hall–Kier alpha value is -3.14. The number of nitrogens with zero attached hydrogens (tertiary/aromatic N) is 6. The molecule has 1 aromatic carbocycles. The molecule has 1 aromatic rings. The van der Waals surface area contributed by atoms with Gasteiger partial charge in [0, 0.05) is 91.6 Å². The number of carboxylic acids is 3. The van der Waals surface area contributed by atoms with E-state index in [1.54, 1.807) is 14.7 Å². The van der Waals surface area contributed by atoms with Gasteiger partial charge in [-0.15, -0.1) is 0 Å². The van der Waals surface area contributed by atoms with E-state index < -0.39 is 17.9 Å². The third kappa shape index (κ3) is 13.4. The van der Waals surface area contributed by atoms with Crippen LogP contribution in [0.15, 0.2) is 18.2 Å². The molecule has 0 aliphatic carbocycles. The summed E-state index contributed by atoms with van der Waals surface area (Å²) in [4.78, 5) is 59.4. The number of aryl methyl sites for hydroxylation is 1. The highest BCUT2D eigenvalue weighted by Crippen LogP contribution is 2.15. The quantitative estimate of drug-likeness (QED) is 0.212. The lowest BCUT2D eigenvalue weighted by molar-refractivity contribution is -0.141. The Morgan fingerprint density at radius 1 is 0.578 bits per heavy atom. The van der Waals surface area contributed by atoms with Crippen molar-refractivity contribution in [3.05, 3.63) is 34.9 Å². The summed E-state index contributed by atoms with van der Waals surface area (Å²) in [5.74, 6) is -2.93. The van der Waals surface area contributed by atoms with E-state index in [0.717, 1.165) is 32.6 Å². The average molecular weight is 634 g/mol. The maximum atomic E-state index is 13.5. The van der Waals surface area contributed by atoms with Crippen molar-refractivity contribution < 1.29 is 34.5 Å². The molecule has 0 bridgehead atoms. The average Bonchev–Trinajstić information content (AvgIpc) is 2.98. The molecule has 2 aliphatic rings. The SMILES string of the molecule is CCc1cc(CNC)cc(CN2CCN(C(=O)CN3CCN(CC(=O)O)CCN(CC(=O)O)CCN(CC(=O)O)CC3)CC2)c1. The van der Waals surface area contributed by atoms with Crippen LogP contribution in [0.4, 0.5) is 0 Å². The van der Waals surface area contributed by atoms with Gasteiger partial charge in [0.15, 0.2) is 0 Å². The molecule has 0 aromatic heterocycles. The van der Waals surface area contributed by atoms with Crippen LogP contribution in [0.3, 0.4) is 0 Å². The molecule has 3 rings (SSSR count). The lowest BCUT2D eigenvalue weighted by Crippen LogP contribution is -2.53. The van der Waals surface area contributed by atoms with Crippen LogP contribution < -0.4 is 5.32 Å². The zero-order valence-electron chi connectivity index (χ0n) is 26.8. The Balaban J connectivity index is 1.61. The molecule has 252 valence electrons. The van der Waals surface area contributed by atoms with Gasteiger partial charge < -0.3 is 25.5 Å². The number of benzene rings is 1. The van der Waals surface area contributed by atoms with Crippen LogP contribution in [0.1, 0.15) is 23.6 Å². The second-order valence-electron chi connectivity index (χ2n) is 12.0. The van der Waals surface area contributed by atoms with E-state index in [4.69, 9.17) is 0 Å². The predicted octanol–water partition coefficient (Wildman–Crippen LogP) is -0.912. The Labute approximate surface area is 266 Å². The first-order valence-electron chi connectivity index (χ1n) is 15.9. The maximum absolute atomic E-state index is 13.5. The van der Waals surface area contributed by atoms with Gasteiger partial charge in [-0.05, 0) is 30.2 Å². The highest BCUT2D eigenvalue weighted by Gasteiger charge is 2.25. The Kier molecular flexibility index (Phi) is 15.1. The van der Waals surface area contributed by atoms with Crippen LogP contribution in [0.25, 0.3) is 0 Å². The first kappa shape index (κ1) is 36.3. The summed E-state index contributed by atoms with van der Waals surface area (Å²) in [6.07, 6.45) is 0.981. The fraction of sp³-hybridized carbons (Fsp3) is 0.677. The minimum Gasteiger partial charge on any atom is -0.480 e. The van der Waals surface area contributed by atoms with Gasteiger partial charge in [0.2, 0.25) is 5.91 Å². The highest BCUT2D eigenvalue weighted by atomic mass is 16.4. The maximum Gasteiger partial charge on any atom is 0.317 e. The molecule has 14 nitrogen and oxygen atoms in total. The molecule has 2 fully saturated rings. The van der Waals surface area contributed by atoms with E-state index in [1.807, 2.05) is 16.8 Å². The van der Waals surface area contributed by atoms with E-state index in [0.29, 0.717) is 65.4 Å². The Morgan fingerprint density at radius 3 is 1.36 bits per heavy atom. The highest BCUT2D eigenvalue weighted by molar-refractivity contribution is 5.78. The van der Waals surface area contributed by atoms with Crippen molar-refractivity contribution >= 4 is 23.8 Å². The van der Waals surface area contributed by atoms with Crippen molar-refractivity contribution in [1.82, 2.24) is 34.7 Å². The van der Waals surface area contributed by atoms with E-state index >= 15 is 0 Å². The molecule has 2 saturated heterocycles. The van der Waals surface area contributed by atoms with Gasteiger partial charge in [0.1, 0.15) is 0 Å². The minimum atomic E-state index is -0.994. The third-order valence-corrected chi connectivity index (χ3v) is 8.40. The summed E-state index contributed by atoms with van der Waals surface area (Å²) >= 11 is 0. The van der Waals surface area contributed by atoms with Gasteiger partial charge in [0.05, 0.1) is 26.2 Å². The molecule has 1 amide bonds. The Bertz CT molecular complexity index is 1100. The number of piperazine rings is 1. The lowest BCUT2D eigenvalue weighted by atomic mass is 10.0. The molecular formula is C31H51N7O7. The van der Waals surface area contributed by atoms with Crippen LogP contribution in [-0.2, 0) is 38.7 Å². The number of nitrogens with one attached hydrogen (secondary N) is 1. The lowest BCUT2D eigenvalue weighted by Gasteiger charge is -2.37. The topological polar surface area (TPSA) is 160 Å². The van der Waals surface area contributed by atoms with Crippen LogP contribution >= 0.6 is 0 Å². The van der Waals surface area contributed by atoms with Gasteiger partial charge in [0.25, 0.3) is 0 Å². The summed E-state index contributed by atoms with van der Waals surface area (Å²) in [7, 11) is 1.95. The Morgan fingerprint density at radius 2 is 0.956 bits per heavy atom. The first-order valence-corrected chi connectivity index (χ1v) is 15.9. The molecule has 0 spiro atoms. The molecular weight excluding hydrogens is 582 g/mol. The number of carbonyl (C=O) groups is 4. The van der Waals surface area contributed by atoms with Crippen molar-refractivity contribution in [2.75, 3.05) is 112 Å².